The predicted molar refractivity (Wildman–Crippen MR) is 122 cm³/mol. The Balaban J connectivity index is 1.41. The van der Waals surface area contributed by atoms with E-state index in [2.05, 4.69) is 0 Å². The second-order valence-electron chi connectivity index (χ2n) is 8.18. The van der Waals surface area contributed by atoms with Crippen LogP contribution < -0.4 is 9.80 Å². The maximum Gasteiger partial charge on any atom is 0.257 e. The molecule has 3 aliphatic rings. The average molecular weight is 456 g/mol. The van der Waals surface area contributed by atoms with Crippen molar-refractivity contribution in [3.63, 3.8) is 0 Å². The molecule has 3 aliphatic heterocycles. The lowest BCUT2D eigenvalue weighted by molar-refractivity contribution is -0.119. The molecule has 0 spiro atoms. The zero-order valence-corrected chi connectivity index (χ0v) is 18.7. The molecule has 160 valence electrons. The maximum absolute atomic E-state index is 13.3. The quantitative estimate of drug-likeness (QED) is 0.697. The van der Waals surface area contributed by atoms with Gasteiger partial charge in [0.1, 0.15) is 5.66 Å². The van der Waals surface area contributed by atoms with Gasteiger partial charge in [0.05, 0.1) is 16.9 Å². The summed E-state index contributed by atoms with van der Waals surface area (Å²) in [7, 11) is 0. The van der Waals surface area contributed by atoms with Crippen molar-refractivity contribution in [2.24, 2.45) is 0 Å². The topological polar surface area (TPSA) is 60.9 Å². The number of hydrogen-bond donors (Lipinski definition) is 0. The van der Waals surface area contributed by atoms with Gasteiger partial charge in [0.2, 0.25) is 11.8 Å². The normalized spacial score (nSPS) is 22.3. The van der Waals surface area contributed by atoms with Gasteiger partial charge in [-0.2, -0.15) is 0 Å². The molecule has 0 radical (unpaired) electrons. The molecule has 1 atom stereocenters. The monoisotopic (exact) mass is 455 g/mol. The Labute approximate surface area is 190 Å². The third kappa shape index (κ3) is 3.22. The fourth-order valence-corrected chi connectivity index (χ4v) is 5.98. The molecule has 31 heavy (non-hydrogen) atoms. The Bertz CT molecular complexity index is 1110. The summed E-state index contributed by atoms with van der Waals surface area (Å²) in [5.41, 5.74) is 1.25. The Kier molecular flexibility index (Phi) is 4.98. The Morgan fingerprint density at radius 3 is 2.81 bits per heavy atom. The van der Waals surface area contributed by atoms with Gasteiger partial charge in [-0.1, -0.05) is 23.7 Å². The highest BCUT2D eigenvalue weighted by Gasteiger charge is 2.52. The summed E-state index contributed by atoms with van der Waals surface area (Å²) < 4.78 is 0. The molecular weight excluding hydrogens is 434 g/mol. The predicted octanol–water partition coefficient (Wildman–Crippen LogP) is 4.17. The minimum Gasteiger partial charge on any atom is -0.315 e. The van der Waals surface area contributed by atoms with Crippen molar-refractivity contribution >= 4 is 52.5 Å². The minimum absolute atomic E-state index is 0.00963. The number of carbonyl (C=O) groups excluding carboxylic acids is 3. The van der Waals surface area contributed by atoms with Crippen LogP contribution in [0.4, 0.5) is 11.4 Å². The number of thioether (sulfide) groups is 1. The van der Waals surface area contributed by atoms with E-state index >= 15 is 0 Å². The molecule has 1 unspecified atom stereocenters. The van der Waals surface area contributed by atoms with Crippen molar-refractivity contribution in [1.82, 2.24) is 4.90 Å². The van der Waals surface area contributed by atoms with E-state index in [9.17, 15) is 14.4 Å². The van der Waals surface area contributed by atoms with Crippen LogP contribution in [0.1, 0.15) is 36.5 Å². The summed E-state index contributed by atoms with van der Waals surface area (Å²) >= 11 is 7.88. The van der Waals surface area contributed by atoms with Crippen LogP contribution in [0.3, 0.4) is 0 Å². The molecule has 0 aliphatic carbocycles. The number of halogens is 1. The summed E-state index contributed by atoms with van der Waals surface area (Å²) in [6.07, 6.45) is 1.12. The van der Waals surface area contributed by atoms with Gasteiger partial charge in [0.25, 0.3) is 5.91 Å². The fraction of sp³-hybridized carbons (Fsp3) is 0.348. The molecular formula is C23H22ClN3O3S. The second-order valence-corrected chi connectivity index (χ2v) is 9.75. The Morgan fingerprint density at radius 1 is 1.16 bits per heavy atom. The van der Waals surface area contributed by atoms with Gasteiger partial charge in [0.15, 0.2) is 0 Å². The van der Waals surface area contributed by atoms with E-state index in [-0.39, 0.29) is 30.7 Å². The van der Waals surface area contributed by atoms with Crippen LogP contribution in [0.2, 0.25) is 5.02 Å². The van der Waals surface area contributed by atoms with E-state index in [1.54, 1.807) is 38.6 Å². The Hall–Kier alpha value is -2.51. The molecule has 3 heterocycles. The number of para-hydroxylation sites is 1. The van der Waals surface area contributed by atoms with E-state index < -0.39 is 5.66 Å². The average Bonchev–Trinajstić information content (AvgIpc) is 3.08. The van der Waals surface area contributed by atoms with Crippen LogP contribution in [0.15, 0.2) is 47.4 Å². The maximum atomic E-state index is 13.3. The van der Waals surface area contributed by atoms with Crippen LogP contribution in [-0.2, 0) is 9.59 Å². The molecule has 0 N–H and O–H groups in total. The molecule has 1 fully saturated rings. The largest absolute Gasteiger partial charge is 0.315 e. The fourth-order valence-electron chi connectivity index (χ4n) is 4.83. The van der Waals surface area contributed by atoms with Crippen molar-refractivity contribution in [1.29, 1.82) is 0 Å². The van der Waals surface area contributed by atoms with E-state index in [0.717, 1.165) is 16.3 Å². The first-order chi connectivity index (χ1) is 14.9. The number of nitrogens with zero attached hydrogens (tertiary/aromatic N) is 3. The number of anilines is 2. The van der Waals surface area contributed by atoms with Crippen molar-refractivity contribution in [3.8, 4) is 0 Å². The Morgan fingerprint density at radius 2 is 1.97 bits per heavy atom. The van der Waals surface area contributed by atoms with Gasteiger partial charge >= 0.3 is 0 Å². The number of rotatable bonds is 3. The second kappa shape index (κ2) is 7.57. The molecule has 3 amide bonds. The van der Waals surface area contributed by atoms with Gasteiger partial charge in [-0.15, -0.1) is 11.8 Å². The van der Waals surface area contributed by atoms with Crippen molar-refractivity contribution in [2.75, 3.05) is 28.6 Å². The first-order valence-electron chi connectivity index (χ1n) is 10.4. The lowest BCUT2D eigenvalue weighted by Crippen LogP contribution is -2.62. The van der Waals surface area contributed by atoms with Crippen LogP contribution in [0, 0.1) is 0 Å². The van der Waals surface area contributed by atoms with E-state index in [1.807, 2.05) is 37.3 Å². The van der Waals surface area contributed by atoms with Crippen molar-refractivity contribution in [3.05, 3.63) is 53.1 Å². The molecule has 5 rings (SSSR count). The molecule has 1 saturated heterocycles. The summed E-state index contributed by atoms with van der Waals surface area (Å²) in [5, 5.41) is 0.592. The number of hydrogen-bond acceptors (Lipinski definition) is 4. The SMILES string of the molecule is CC12CCC(=O)N1c1ccccc1C(=O)N2CCC(=O)N1CCSc2ccc(Cl)cc21. The smallest absolute Gasteiger partial charge is 0.257 e. The zero-order chi connectivity index (χ0) is 21.8. The van der Waals surface area contributed by atoms with E-state index in [1.165, 1.54) is 0 Å². The highest BCUT2D eigenvalue weighted by molar-refractivity contribution is 7.99. The molecule has 0 bridgehead atoms. The molecule has 0 saturated carbocycles. The molecule has 8 heteroatoms. The first-order valence-corrected chi connectivity index (χ1v) is 11.7. The van der Waals surface area contributed by atoms with Crippen LogP contribution in [0.25, 0.3) is 0 Å². The third-order valence-electron chi connectivity index (χ3n) is 6.38. The number of fused-ring (bicyclic) bond motifs is 4. The summed E-state index contributed by atoms with van der Waals surface area (Å²) in [4.78, 5) is 45.4. The number of amides is 3. The van der Waals surface area contributed by atoms with Crippen LogP contribution in [-0.4, -0.2) is 47.1 Å². The molecule has 2 aromatic carbocycles. The van der Waals surface area contributed by atoms with Crippen LogP contribution in [0.5, 0.6) is 0 Å². The summed E-state index contributed by atoms with van der Waals surface area (Å²) in [5.74, 6) is 0.649. The first kappa shape index (κ1) is 20.4. The minimum atomic E-state index is -0.748. The highest BCUT2D eigenvalue weighted by atomic mass is 35.5. The molecule has 6 nitrogen and oxygen atoms in total. The number of benzene rings is 2. The third-order valence-corrected chi connectivity index (χ3v) is 7.66. The lowest BCUT2D eigenvalue weighted by atomic mass is 9.98. The zero-order valence-electron chi connectivity index (χ0n) is 17.1. The highest BCUT2D eigenvalue weighted by Crippen LogP contribution is 2.44. The summed E-state index contributed by atoms with van der Waals surface area (Å²) in [6.45, 7) is 2.78. The lowest BCUT2D eigenvalue weighted by Gasteiger charge is -2.48. The van der Waals surface area contributed by atoms with E-state index in [0.29, 0.717) is 35.7 Å². The number of carbonyl (C=O) groups is 3. The van der Waals surface area contributed by atoms with Crippen molar-refractivity contribution in [2.45, 2.75) is 36.7 Å². The molecule has 2 aromatic rings. The summed E-state index contributed by atoms with van der Waals surface area (Å²) in [6, 6.07) is 12.8. The van der Waals surface area contributed by atoms with Gasteiger partial charge in [-0.25, -0.2) is 0 Å². The standard InChI is InChI=1S/C23H22ClN3O3S/c1-23-10-8-21(29)27(23)17-5-3-2-4-16(17)22(30)26(23)11-9-20(28)25-12-13-31-19-7-6-15(24)14-18(19)25/h2-7,14H,8-13H2,1H3. The van der Waals surface area contributed by atoms with Gasteiger partial charge in [0, 0.05) is 41.6 Å². The molecule has 0 aromatic heterocycles. The van der Waals surface area contributed by atoms with Crippen molar-refractivity contribution < 1.29 is 14.4 Å². The van der Waals surface area contributed by atoms with Gasteiger partial charge in [-0.3, -0.25) is 19.3 Å². The van der Waals surface area contributed by atoms with Gasteiger partial charge in [-0.05, 0) is 43.7 Å². The van der Waals surface area contributed by atoms with Crippen LogP contribution >= 0.6 is 23.4 Å². The van der Waals surface area contributed by atoms with Gasteiger partial charge < -0.3 is 9.80 Å². The van der Waals surface area contributed by atoms with E-state index in [4.69, 9.17) is 11.6 Å².